The maximum absolute atomic E-state index is 3.40. The highest BCUT2D eigenvalue weighted by molar-refractivity contribution is 6.83. The largest absolute Gasteiger partial charge is 0.132 e. The van der Waals surface area contributed by atoms with Crippen molar-refractivity contribution in [1.82, 2.24) is 0 Å². The summed E-state index contributed by atoms with van der Waals surface area (Å²) in [5.41, 5.74) is 3.40. The first-order chi connectivity index (χ1) is 5.58. The third-order valence-electron chi connectivity index (χ3n) is 2.07. The van der Waals surface area contributed by atoms with Crippen molar-refractivity contribution in [2.75, 3.05) is 0 Å². The molecule has 0 heterocycles. The molecule has 1 fully saturated rings. The van der Waals surface area contributed by atoms with Crippen molar-refractivity contribution in [3.05, 3.63) is 0 Å². The number of rotatable bonds is 3. The summed E-state index contributed by atoms with van der Waals surface area (Å²) in [6.45, 7) is 6.92. The summed E-state index contributed by atoms with van der Waals surface area (Å²) in [6, 6.07) is 0. The molecular formula is C11H20Si. The lowest BCUT2D eigenvalue weighted by Gasteiger charge is -2.03. The summed E-state index contributed by atoms with van der Waals surface area (Å²) in [5, 5.41) is 0. The van der Waals surface area contributed by atoms with Gasteiger partial charge in [0.2, 0.25) is 0 Å². The van der Waals surface area contributed by atoms with Crippen LogP contribution in [0.25, 0.3) is 0 Å². The first-order valence-electron chi connectivity index (χ1n) is 5.08. The van der Waals surface area contributed by atoms with Crippen LogP contribution < -0.4 is 0 Å². The summed E-state index contributed by atoms with van der Waals surface area (Å²) in [7, 11) is -1.08. The average molecular weight is 180 g/mol. The molecule has 0 bridgehead atoms. The van der Waals surface area contributed by atoms with E-state index >= 15 is 0 Å². The first-order valence-corrected chi connectivity index (χ1v) is 8.58. The summed E-state index contributed by atoms with van der Waals surface area (Å²) < 4.78 is 0. The van der Waals surface area contributed by atoms with Gasteiger partial charge in [0.05, 0.1) is 0 Å². The zero-order valence-corrected chi connectivity index (χ0v) is 9.61. The minimum Gasteiger partial charge on any atom is -0.132 e. The van der Waals surface area contributed by atoms with E-state index in [0.717, 1.165) is 12.3 Å². The van der Waals surface area contributed by atoms with E-state index in [0.29, 0.717) is 0 Å². The second-order valence-corrected chi connectivity index (χ2v) is 9.64. The van der Waals surface area contributed by atoms with E-state index in [1.807, 2.05) is 0 Å². The van der Waals surface area contributed by atoms with Crippen molar-refractivity contribution in [2.24, 2.45) is 5.92 Å². The molecule has 1 saturated carbocycles. The Bertz CT molecular complexity index is 185. The highest BCUT2D eigenvalue weighted by Gasteiger charge is 2.19. The average Bonchev–Trinajstić information content (AvgIpc) is 2.68. The third-order valence-corrected chi connectivity index (χ3v) is 3.00. The molecule has 0 aromatic rings. The van der Waals surface area contributed by atoms with Crippen LogP contribution in [0.2, 0.25) is 19.6 Å². The normalized spacial score (nSPS) is 16.9. The summed E-state index contributed by atoms with van der Waals surface area (Å²) >= 11 is 0. The lowest BCUT2D eigenvalue weighted by molar-refractivity contribution is 0.681. The highest BCUT2D eigenvalue weighted by Crippen LogP contribution is 2.33. The Morgan fingerprint density at radius 1 is 1.25 bits per heavy atom. The molecule has 0 radical (unpaired) electrons. The molecule has 12 heavy (non-hydrogen) atoms. The van der Waals surface area contributed by atoms with Gasteiger partial charge < -0.3 is 0 Å². The molecule has 0 atom stereocenters. The topological polar surface area (TPSA) is 0 Å². The second-order valence-electron chi connectivity index (χ2n) is 4.89. The van der Waals surface area contributed by atoms with E-state index in [1.165, 1.54) is 25.7 Å². The van der Waals surface area contributed by atoms with Crippen molar-refractivity contribution < 1.29 is 0 Å². The molecule has 0 saturated heterocycles. The summed E-state index contributed by atoms with van der Waals surface area (Å²) in [4.78, 5) is 0. The monoisotopic (exact) mass is 180 g/mol. The molecule has 0 aromatic carbocycles. The van der Waals surface area contributed by atoms with Gasteiger partial charge in [-0.15, -0.1) is 11.5 Å². The van der Waals surface area contributed by atoms with Crippen molar-refractivity contribution >= 4 is 8.07 Å². The van der Waals surface area contributed by atoms with Crippen LogP contribution in [0.3, 0.4) is 0 Å². The van der Waals surface area contributed by atoms with Gasteiger partial charge in [0.15, 0.2) is 0 Å². The van der Waals surface area contributed by atoms with Crippen LogP contribution in [-0.2, 0) is 0 Å². The maximum Gasteiger partial charge on any atom is 0.129 e. The van der Waals surface area contributed by atoms with Gasteiger partial charge in [-0.05, 0) is 18.8 Å². The minimum atomic E-state index is -1.08. The fourth-order valence-electron chi connectivity index (χ4n) is 1.21. The molecule has 0 aliphatic heterocycles. The van der Waals surface area contributed by atoms with Gasteiger partial charge >= 0.3 is 0 Å². The fourth-order valence-corrected chi connectivity index (χ4v) is 1.87. The quantitative estimate of drug-likeness (QED) is 0.354. The van der Waals surface area contributed by atoms with Crippen molar-refractivity contribution in [2.45, 2.75) is 51.7 Å². The number of unbranched alkanes of at least 4 members (excludes halogenated alkanes) is 1. The third kappa shape index (κ3) is 5.43. The van der Waals surface area contributed by atoms with E-state index in [9.17, 15) is 0 Å². The van der Waals surface area contributed by atoms with Crippen molar-refractivity contribution in [1.29, 1.82) is 0 Å². The highest BCUT2D eigenvalue weighted by atomic mass is 28.3. The lowest BCUT2D eigenvalue weighted by atomic mass is 10.2. The lowest BCUT2D eigenvalue weighted by Crippen LogP contribution is -2.16. The first kappa shape index (κ1) is 9.86. The van der Waals surface area contributed by atoms with Crippen LogP contribution in [0.4, 0.5) is 0 Å². The molecule has 0 unspecified atom stereocenters. The van der Waals surface area contributed by atoms with E-state index in [2.05, 4.69) is 31.1 Å². The Hall–Kier alpha value is -0.223. The molecule has 0 spiro atoms. The van der Waals surface area contributed by atoms with Gasteiger partial charge in [-0.25, -0.2) is 0 Å². The predicted molar refractivity (Wildman–Crippen MR) is 57.7 cm³/mol. The smallest absolute Gasteiger partial charge is 0.129 e. The Balaban J connectivity index is 2.02. The number of hydrogen-bond donors (Lipinski definition) is 0. The van der Waals surface area contributed by atoms with Crippen molar-refractivity contribution in [3.63, 3.8) is 0 Å². The van der Waals surface area contributed by atoms with E-state index < -0.39 is 8.07 Å². The zero-order chi connectivity index (χ0) is 9.03. The zero-order valence-electron chi connectivity index (χ0n) is 8.61. The van der Waals surface area contributed by atoms with Gasteiger partial charge in [-0.1, -0.05) is 32.5 Å². The molecular weight excluding hydrogens is 160 g/mol. The standard InChI is InChI=1S/C11H20Si/c1-12(2,3)10-6-4-5-7-11-8-9-11/h11H,4-5,7-9H2,1-3H3. The molecule has 1 heteroatoms. The Labute approximate surface area is 77.8 Å². The van der Waals surface area contributed by atoms with E-state index in [4.69, 9.17) is 0 Å². The van der Waals surface area contributed by atoms with E-state index in [1.54, 1.807) is 0 Å². The van der Waals surface area contributed by atoms with Gasteiger partial charge in [0.25, 0.3) is 0 Å². The van der Waals surface area contributed by atoms with Crippen LogP contribution >= 0.6 is 0 Å². The van der Waals surface area contributed by atoms with Crippen molar-refractivity contribution in [3.8, 4) is 11.5 Å². The fraction of sp³-hybridized carbons (Fsp3) is 0.818. The maximum atomic E-state index is 3.40. The van der Waals surface area contributed by atoms with Crippen LogP contribution in [0, 0.1) is 17.4 Å². The Morgan fingerprint density at radius 2 is 1.92 bits per heavy atom. The Kier molecular flexibility index (Phi) is 3.40. The van der Waals surface area contributed by atoms with Gasteiger partial charge in [0, 0.05) is 6.42 Å². The van der Waals surface area contributed by atoms with Crippen LogP contribution in [0.5, 0.6) is 0 Å². The number of hydrogen-bond acceptors (Lipinski definition) is 0. The van der Waals surface area contributed by atoms with Crippen LogP contribution in [0.15, 0.2) is 0 Å². The molecule has 68 valence electrons. The molecule has 0 N–H and O–H groups in total. The minimum absolute atomic E-state index is 1.08. The van der Waals surface area contributed by atoms with Crippen LogP contribution in [-0.4, -0.2) is 8.07 Å². The summed E-state index contributed by atoms with van der Waals surface area (Å²) in [5.74, 6) is 4.40. The molecule has 0 aromatic heterocycles. The molecule has 0 amide bonds. The molecule has 1 aliphatic rings. The van der Waals surface area contributed by atoms with E-state index in [-0.39, 0.29) is 0 Å². The molecule has 1 rings (SSSR count). The summed E-state index contributed by atoms with van der Waals surface area (Å²) in [6.07, 6.45) is 6.88. The second kappa shape index (κ2) is 4.14. The van der Waals surface area contributed by atoms with Crippen LogP contribution in [0.1, 0.15) is 32.1 Å². The Morgan fingerprint density at radius 3 is 2.42 bits per heavy atom. The predicted octanol–water partition coefficient (Wildman–Crippen LogP) is 3.45. The SMILES string of the molecule is C[Si](C)(C)C#CCCCC1CC1. The molecule has 1 aliphatic carbocycles. The van der Waals surface area contributed by atoms with Gasteiger partial charge in [-0.3, -0.25) is 0 Å². The van der Waals surface area contributed by atoms with Gasteiger partial charge in [-0.2, -0.15) is 0 Å². The van der Waals surface area contributed by atoms with Gasteiger partial charge in [0.1, 0.15) is 8.07 Å². The molecule has 0 nitrogen and oxygen atoms in total.